The molecule has 2 aromatic rings. The first kappa shape index (κ1) is 15.7. The molecule has 114 valence electrons. The third-order valence-electron chi connectivity index (χ3n) is 2.92. The van der Waals surface area contributed by atoms with Gasteiger partial charge in [0.2, 0.25) is 0 Å². The molecule has 2 rings (SSSR count). The Morgan fingerprint density at radius 1 is 1.43 bits per heavy atom. The summed E-state index contributed by atoms with van der Waals surface area (Å²) in [6.07, 6.45) is 0.315. The van der Waals surface area contributed by atoms with Crippen LogP contribution < -0.4 is 5.56 Å². The summed E-state index contributed by atoms with van der Waals surface area (Å²) < 4.78 is 10.2. The highest BCUT2D eigenvalue weighted by Crippen LogP contribution is 2.27. The van der Waals surface area contributed by atoms with E-state index in [0.29, 0.717) is 39.5 Å². The molecular weight excluding hydrogens is 292 g/mol. The summed E-state index contributed by atoms with van der Waals surface area (Å²) >= 11 is 1.19. The number of aromatic nitrogens is 2. The van der Waals surface area contributed by atoms with Crippen molar-refractivity contribution in [1.29, 1.82) is 0 Å². The molecule has 6 nitrogen and oxygen atoms in total. The van der Waals surface area contributed by atoms with E-state index in [0.717, 1.165) is 0 Å². The summed E-state index contributed by atoms with van der Waals surface area (Å²) in [4.78, 5) is 32.3. The number of nitrogens with one attached hydrogen (secondary N) is 1. The quantitative estimate of drug-likeness (QED) is 0.855. The van der Waals surface area contributed by atoms with Gasteiger partial charge in [0.05, 0.1) is 18.1 Å². The molecule has 0 aromatic carbocycles. The van der Waals surface area contributed by atoms with Crippen LogP contribution >= 0.6 is 11.3 Å². The Labute approximate surface area is 126 Å². The van der Waals surface area contributed by atoms with Crippen LogP contribution in [0.1, 0.15) is 34.9 Å². The fourth-order valence-electron chi connectivity index (χ4n) is 1.97. The average molecular weight is 310 g/mol. The van der Waals surface area contributed by atoms with Crippen molar-refractivity contribution in [3.8, 4) is 0 Å². The summed E-state index contributed by atoms with van der Waals surface area (Å²) in [5.41, 5.74) is 0.385. The van der Waals surface area contributed by atoms with Crippen LogP contribution in [0.2, 0.25) is 0 Å². The molecule has 2 heterocycles. The predicted octanol–water partition coefficient (Wildman–Crippen LogP) is 2.05. The van der Waals surface area contributed by atoms with E-state index in [1.807, 2.05) is 0 Å². The SMILES string of the molecule is COCCc1nc2sc(C(=O)OC(C)C)c(C)c2c(=O)[nH]1. The van der Waals surface area contributed by atoms with E-state index in [-0.39, 0.29) is 11.7 Å². The van der Waals surface area contributed by atoms with Gasteiger partial charge in [-0.1, -0.05) is 0 Å². The van der Waals surface area contributed by atoms with E-state index in [4.69, 9.17) is 9.47 Å². The highest BCUT2D eigenvalue weighted by Gasteiger charge is 2.21. The van der Waals surface area contributed by atoms with E-state index in [9.17, 15) is 9.59 Å². The number of methoxy groups -OCH3 is 1. The molecule has 0 bridgehead atoms. The lowest BCUT2D eigenvalue weighted by Gasteiger charge is -2.06. The Balaban J connectivity index is 2.47. The van der Waals surface area contributed by atoms with E-state index >= 15 is 0 Å². The van der Waals surface area contributed by atoms with Crippen LogP contribution in [0.4, 0.5) is 0 Å². The van der Waals surface area contributed by atoms with E-state index < -0.39 is 5.97 Å². The number of H-pyrrole nitrogens is 1. The van der Waals surface area contributed by atoms with E-state index in [1.54, 1.807) is 27.9 Å². The minimum absolute atomic E-state index is 0.203. The Hall–Kier alpha value is -1.73. The summed E-state index contributed by atoms with van der Waals surface area (Å²) in [5.74, 6) is 0.141. The number of thiophene rings is 1. The molecule has 0 amide bonds. The lowest BCUT2D eigenvalue weighted by atomic mass is 10.2. The zero-order chi connectivity index (χ0) is 15.6. The van der Waals surface area contributed by atoms with Crippen molar-refractivity contribution in [2.75, 3.05) is 13.7 Å². The van der Waals surface area contributed by atoms with Crippen LogP contribution in [0.25, 0.3) is 10.2 Å². The number of nitrogens with zero attached hydrogens (tertiary/aromatic N) is 1. The van der Waals surface area contributed by atoms with Crippen LogP contribution in [-0.2, 0) is 15.9 Å². The molecule has 0 saturated heterocycles. The lowest BCUT2D eigenvalue weighted by molar-refractivity contribution is 0.0383. The van der Waals surface area contributed by atoms with Crippen molar-refractivity contribution in [2.24, 2.45) is 0 Å². The first-order valence-electron chi connectivity index (χ1n) is 6.66. The molecular formula is C14H18N2O4S. The summed E-state index contributed by atoms with van der Waals surface area (Å²) in [7, 11) is 1.59. The fraction of sp³-hybridized carbons (Fsp3) is 0.500. The largest absolute Gasteiger partial charge is 0.459 e. The number of hydrogen-bond donors (Lipinski definition) is 1. The van der Waals surface area contributed by atoms with Gasteiger partial charge in [0.25, 0.3) is 5.56 Å². The summed E-state index contributed by atoms with van der Waals surface area (Å²) in [6.45, 7) is 5.78. The molecule has 0 fully saturated rings. The van der Waals surface area contributed by atoms with Gasteiger partial charge >= 0.3 is 5.97 Å². The fourth-order valence-corrected chi connectivity index (χ4v) is 3.05. The highest BCUT2D eigenvalue weighted by molar-refractivity contribution is 7.20. The molecule has 0 unspecified atom stereocenters. The molecule has 1 N–H and O–H groups in total. The standard InChI is InChI=1S/C14H18N2O4S/c1-7(2)20-14(18)11-8(3)10-12(17)15-9(5-6-19-4)16-13(10)21-11/h7H,5-6H2,1-4H3,(H,15,16,17). The van der Waals surface area contributed by atoms with Crippen molar-refractivity contribution in [3.05, 3.63) is 26.6 Å². The zero-order valence-electron chi connectivity index (χ0n) is 12.5. The maximum absolute atomic E-state index is 12.2. The number of carbonyl (C=O) groups is 1. The molecule has 2 aromatic heterocycles. The molecule has 0 aliphatic heterocycles. The monoisotopic (exact) mass is 310 g/mol. The molecule has 0 atom stereocenters. The van der Waals surface area contributed by atoms with Crippen molar-refractivity contribution in [3.63, 3.8) is 0 Å². The van der Waals surface area contributed by atoms with Crippen molar-refractivity contribution < 1.29 is 14.3 Å². The molecule has 0 spiro atoms. The maximum Gasteiger partial charge on any atom is 0.348 e. The Morgan fingerprint density at radius 2 is 2.14 bits per heavy atom. The summed E-state index contributed by atoms with van der Waals surface area (Å²) in [5, 5.41) is 0.455. The number of aryl methyl sites for hydroxylation is 1. The van der Waals surface area contributed by atoms with Crippen LogP contribution in [0, 0.1) is 6.92 Å². The predicted molar refractivity (Wildman–Crippen MR) is 81.1 cm³/mol. The lowest BCUT2D eigenvalue weighted by Crippen LogP contribution is -2.13. The second kappa shape index (κ2) is 6.36. The van der Waals surface area contributed by atoms with E-state index in [1.165, 1.54) is 11.3 Å². The van der Waals surface area contributed by atoms with Gasteiger partial charge in [0, 0.05) is 13.5 Å². The van der Waals surface area contributed by atoms with Gasteiger partial charge in [-0.05, 0) is 26.3 Å². The smallest absolute Gasteiger partial charge is 0.348 e. The third-order valence-corrected chi connectivity index (χ3v) is 4.09. The Kier molecular flexibility index (Phi) is 4.74. The topological polar surface area (TPSA) is 81.3 Å². The molecule has 7 heteroatoms. The number of esters is 1. The van der Waals surface area contributed by atoms with Crippen LogP contribution in [-0.4, -0.2) is 35.8 Å². The molecule has 0 radical (unpaired) electrons. The number of carbonyl (C=O) groups excluding carboxylic acids is 1. The Bertz CT molecular complexity index is 718. The highest BCUT2D eigenvalue weighted by atomic mass is 32.1. The number of fused-ring (bicyclic) bond motifs is 1. The third kappa shape index (κ3) is 3.30. The van der Waals surface area contributed by atoms with Gasteiger partial charge in [-0.3, -0.25) is 4.79 Å². The van der Waals surface area contributed by atoms with Crippen LogP contribution in [0.3, 0.4) is 0 Å². The second-order valence-electron chi connectivity index (χ2n) is 4.95. The van der Waals surface area contributed by atoms with Crippen LogP contribution in [0.5, 0.6) is 0 Å². The number of ether oxygens (including phenoxy) is 2. The van der Waals surface area contributed by atoms with E-state index in [2.05, 4.69) is 9.97 Å². The van der Waals surface area contributed by atoms with Crippen LogP contribution in [0.15, 0.2) is 4.79 Å². The number of aromatic amines is 1. The van der Waals surface area contributed by atoms with Gasteiger partial charge in [0.1, 0.15) is 15.5 Å². The van der Waals surface area contributed by atoms with Gasteiger partial charge in [-0.2, -0.15) is 0 Å². The number of hydrogen-bond acceptors (Lipinski definition) is 6. The summed E-state index contributed by atoms with van der Waals surface area (Å²) in [6, 6.07) is 0. The molecule has 21 heavy (non-hydrogen) atoms. The number of rotatable bonds is 5. The molecule has 0 aliphatic carbocycles. The first-order valence-corrected chi connectivity index (χ1v) is 7.48. The molecule has 0 saturated carbocycles. The normalized spacial score (nSPS) is 11.3. The maximum atomic E-state index is 12.2. The van der Waals surface area contributed by atoms with Gasteiger partial charge in [0.15, 0.2) is 0 Å². The van der Waals surface area contributed by atoms with Gasteiger partial charge in [-0.15, -0.1) is 11.3 Å². The van der Waals surface area contributed by atoms with Crippen molar-refractivity contribution >= 4 is 27.5 Å². The average Bonchev–Trinajstić information content (AvgIpc) is 2.73. The minimum atomic E-state index is -0.414. The first-order chi connectivity index (χ1) is 9.93. The van der Waals surface area contributed by atoms with Gasteiger partial charge in [-0.25, -0.2) is 9.78 Å². The van der Waals surface area contributed by atoms with Crippen molar-refractivity contribution in [2.45, 2.75) is 33.3 Å². The molecule has 0 aliphatic rings. The van der Waals surface area contributed by atoms with Crippen molar-refractivity contribution in [1.82, 2.24) is 9.97 Å². The Morgan fingerprint density at radius 3 is 2.76 bits per heavy atom. The second-order valence-corrected chi connectivity index (χ2v) is 5.94. The van der Waals surface area contributed by atoms with Gasteiger partial charge < -0.3 is 14.5 Å². The zero-order valence-corrected chi connectivity index (χ0v) is 13.3. The minimum Gasteiger partial charge on any atom is -0.459 e.